The van der Waals surface area contributed by atoms with Crippen molar-refractivity contribution in [3.63, 3.8) is 0 Å². The second kappa shape index (κ2) is 5.09. The van der Waals surface area contributed by atoms with Gasteiger partial charge in [0.1, 0.15) is 0 Å². The first kappa shape index (κ1) is 7.38. The molecule has 0 aromatic rings. The van der Waals surface area contributed by atoms with Crippen molar-refractivity contribution < 1.29 is 0 Å². The van der Waals surface area contributed by atoms with Gasteiger partial charge in [0.2, 0.25) is 0 Å². The minimum atomic E-state index is 1.00. The summed E-state index contributed by atoms with van der Waals surface area (Å²) in [6.45, 7) is 2.08. The molecule has 0 saturated carbocycles. The fourth-order valence-electron chi connectivity index (χ4n) is 0.727. The molecule has 0 spiro atoms. The first-order valence-electron chi connectivity index (χ1n) is 3.35. The quantitative estimate of drug-likeness (QED) is 0.516. The number of nitrogens with one attached hydrogen (secondary N) is 2. The van der Waals surface area contributed by atoms with Crippen LogP contribution in [0.15, 0.2) is 0 Å². The summed E-state index contributed by atoms with van der Waals surface area (Å²) in [4.78, 5) is 0. The van der Waals surface area contributed by atoms with Crippen molar-refractivity contribution in [3.8, 4) is 0 Å². The van der Waals surface area contributed by atoms with Gasteiger partial charge in [-0.25, -0.2) is 0 Å². The van der Waals surface area contributed by atoms with Crippen LogP contribution >= 0.6 is 11.8 Å². The fourth-order valence-corrected chi connectivity index (χ4v) is 1.51. The predicted molar refractivity (Wildman–Crippen MR) is 42.2 cm³/mol. The lowest BCUT2D eigenvalue weighted by molar-refractivity contribution is 0.580. The third kappa shape index (κ3) is 3.78. The van der Waals surface area contributed by atoms with E-state index in [1.807, 2.05) is 11.8 Å². The number of hydrogen-bond acceptors (Lipinski definition) is 3. The molecular formula is C6H13N2S. The van der Waals surface area contributed by atoms with Gasteiger partial charge in [0.25, 0.3) is 0 Å². The highest BCUT2D eigenvalue weighted by Crippen LogP contribution is 2.02. The molecule has 1 heterocycles. The summed E-state index contributed by atoms with van der Waals surface area (Å²) in [5.74, 6) is 2.50. The highest BCUT2D eigenvalue weighted by Gasteiger charge is 1.94. The molecule has 2 N–H and O–H groups in total. The number of thioether (sulfide) groups is 1. The lowest BCUT2D eigenvalue weighted by Gasteiger charge is -2.00. The lowest BCUT2D eigenvalue weighted by Crippen LogP contribution is -2.33. The van der Waals surface area contributed by atoms with E-state index in [0.717, 1.165) is 13.1 Å². The standard InChI is InChI=1S/C6H13N2S/c1-2-5-9-6-4-8-7-3-1/h1,7-8H,2-6H2. The van der Waals surface area contributed by atoms with Gasteiger partial charge in [-0.15, -0.1) is 0 Å². The zero-order valence-electron chi connectivity index (χ0n) is 5.52. The molecule has 1 aliphatic heterocycles. The van der Waals surface area contributed by atoms with E-state index in [1.165, 1.54) is 17.9 Å². The van der Waals surface area contributed by atoms with E-state index in [0.29, 0.717) is 0 Å². The Hall–Kier alpha value is 0.270. The van der Waals surface area contributed by atoms with E-state index in [-0.39, 0.29) is 0 Å². The summed E-state index contributed by atoms with van der Waals surface area (Å²) in [7, 11) is 0. The Balaban J connectivity index is 2.02. The molecule has 1 rings (SSSR count). The van der Waals surface area contributed by atoms with Crippen LogP contribution in [0, 0.1) is 6.42 Å². The summed E-state index contributed by atoms with van der Waals surface area (Å²) in [5, 5.41) is 0. The molecule has 1 saturated heterocycles. The van der Waals surface area contributed by atoms with Crippen molar-refractivity contribution in [3.05, 3.63) is 6.42 Å². The van der Waals surface area contributed by atoms with E-state index >= 15 is 0 Å². The highest BCUT2D eigenvalue weighted by molar-refractivity contribution is 7.99. The van der Waals surface area contributed by atoms with E-state index in [4.69, 9.17) is 0 Å². The van der Waals surface area contributed by atoms with Crippen LogP contribution in [0.2, 0.25) is 0 Å². The van der Waals surface area contributed by atoms with Gasteiger partial charge in [0, 0.05) is 18.8 Å². The molecule has 53 valence electrons. The molecule has 1 fully saturated rings. The molecule has 0 unspecified atom stereocenters. The largest absolute Gasteiger partial charge is 0.258 e. The zero-order valence-corrected chi connectivity index (χ0v) is 6.34. The van der Waals surface area contributed by atoms with E-state index in [9.17, 15) is 0 Å². The maximum absolute atomic E-state index is 3.13. The van der Waals surface area contributed by atoms with Crippen molar-refractivity contribution >= 4 is 11.8 Å². The smallest absolute Gasteiger partial charge is 0.0191 e. The third-order valence-corrected chi connectivity index (χ3v) is 2.23. The third-order valence-electron chi connectivity index (χ3n) is 1.21. The maximum Gasteiger partial charge on any atom is 0.0191 e. The fraction of sp³-hybridized carbons (Fsp3) is 0.833. The number of rotatable bonds is 0. The molecule has 3 heteroatoms. The zero-order chi connectivity index (χ0) is 6.36. The van der Waals surface area contributed by atoms with Crippen LogP contribution in [0.1, 0.15) is 6.42 Å². The van der Waals surface area contributed by atoms with Crippen LogP contribution in [-0.4, -0.2) is 24.6 Å². The monoisotopic (exact) mass is 145 g/mol. The van der Waals surface area contributed by atoms with E-state index in [1.54, 1.807) is 0 Å². The molecule has 0 aromatic heterocycles. The topological polar surface area (TPSA) is 24.1 Å². The van der Waals surface area contributed by atoms with Crippen molar-refractivity contribution in [2.75, 3.05) is 24.6 Å². The van der Waals surface area contributed by atoms with Crippen LogP contribution < -0.4 is 10.9 Å². The summed E-state index contributed by atoms with van der Waals surface area (Å²) in [6.07, 6.45) is 3.50. The maximum atomic E-state index is 3.13. The normalized spacial score (nSPS) is 24.0. The second-order valence-electron chi connectivity index (χ2n) is 2.00. The summed E-state index contributed by atoms with van der Waals surface area (Å²) in [6, 6.07) is 0. The van der Waals surface area contributed by atoms with Gasteiger partial charge in [-0.05, 0) is 18.6 Å². The Morgan fingerprint density at radius 2 is 2.22 bits per heavy atom. The van der Waals surface area contributed by atoms with Crippen molar-refractivity contribution in [1.29, 1.82) is 0 Å². The molecule has 1 aliphatic rings. The molecule has 0 amide bonds. The minimum absolute atomic E-state index is 1.00. The summed E-state index contributed by atoms with van der Waals surface area (Å²) >= 11 is 2.01. The van der Waals surface area contributed by atoms with Crippen LogP contribution in [-0.2, 0) is 0 Å². The molecule has 9 heavy (non-hydrogen) atoms. The Bertz CT molecular complexity index is 39.5. The van der Waals surface area contributed by atoms with Crippen LogP contribution in [0.3, 0.4) is 0 Å². The van der Waals surface area contributed by atoms with Crippen molar-refractivity contribution in [1.82, 2.24) is 10.9 Å². The average molecular weight is 145 g/mol. The van der Waals surface area contributed by atoms with Gasteiger partial charge in [0.15, 0.2) is 0 Å². The molecule has 1 radical (unpaired) electrons. The molecule has 0 aliphatic carbocycles. The van der Waals surface area contributed by atoms with Crippen LogP contribution in [0.4, 0.5) is 0 Å². The van der Waals surface area contributed by atoms with Crippen molar-refractivity contribution in [2.24, 2.45) is 0 Å². The van der Waals surface area contributed by atoms with Crippen LogP contribution in [0.25, 0.3) is 0 Å². The van der Waals surface area contributed by atoms with E-state index < -0.39 is 0 Å². The highest BCUT2D eigenvalue weighted by atomic mass is 32.2. The number of hydrazine groups is 1. The molecule has 0 atom stereocenters. The molecular weight excluding hydrogens is 132 g/mol. The predicted octanol–water partition coefficient (Wildman–Crippen LogP) is 0.422. The van der Waals surface area contributed by atoms with Gasteiger partial charge in [-0.3, -0.25) is 10.9 Å². The Kier molecular flexibility index (Phi) is 4.17. The van der Waals surface area contributed by atoms with Gasteiger partial charge >= 0.3 is 0 Å². The summed E-state index contributed by atoms with van der Waals surface area (Å²) < 4.78 is 0. The van der Waals surface area contributed by atoms with Gasteiger partial charge in [-0.2, -0.15) is 11.8 Å². The van der Waals surface area contributed by atoms with E-state index in [2.05, 4.69) is 17.3 Å². The van der Waals surface area contributed by atoms with Crippen molar-refractivity contribution in [2.45, 2.75) is 6.42 Å². The molecule has 0 bridgehead atoms. The first-order chi connectivity index (χ1) is 4.50. The first-order valence-corrected chi connectivity index (χ1v) is 4.51. The SMILES string of the molecule is [CH]1CCSCCNNC1. The van der Waals surface area contributed by atoms with Gasteiger partial charge < -0.3 is 0 Å². The van der Waals surface area contributed by atoms with Gasteiger partial charge in [-0.1, -0.05) is 0 Å². The molecule has 2 nitrogen and oxygen atoms in total. The Morgan fingerprint density at radius 1 is 1.22 bits per heavy atom. The summed E-state index contributed by atoms with van der Waals surface area (Å²) in [5.41, 5.74) is 6.23. The minimum Gasteiger partial charge on any atom is -0.258 e. The van der Waals surface area contributed by atoms with Gasteiger partial charge in [0.05, 0.1) is 0 Å². The lowest BCUT2D eigenvalue weighted by atomic mass is 10.3. The average Bonchev–Trinajstić information content (AvgIpc) is 2.00. The molecule has 0 aromatic carbocycles. The Labute approximate surface area is 60.8 Å². The number of hydrogen-bond donors (Lipinski definition) is 2. The van der Waals surface area contributed by atoms with Crippen LogP contribution in [0.5, 0.6) is 0 Å². The second-order valence-corrected chi connectivity index (χ2v) is 3.22. The Morgan fingerprint density at radius 3 is 3.22 bits per heavy atom.